The molecule has 7 heteroatoms. The van der Waals surface area contributed by atoms with Gasteiger partial charge < -0.3 is 10.3 Å². The van der Waals surface area contributed by atoms with Crippen LogP contribution in [0, 0.1) is 0 Å². The van der Waals surface area contributed by atoms with Gasteiger partial charge in [-0.3, -0.25) is 0 Å². The molecule has 1 unspecified atom stereocenters. The molecular formula is C13H14F3N3O. The van der Waals surface area contributed by atoms with E-state index in [1.165, 1.54) is 12.1 Å². The quantitative estimate of drug-likeness (QED) is 0.939. The third-order valence-corrected chi connectivity index (χ3v) is 3.13. The van der Waals surface area contributed by atoms with E-state index in [0.29, 0.717) is 17.8 Å². The molecule has 0 fully saturated rings. The minimum Gasteiger partial charge on any atom is -0.334 e. The van der Waals surface area contributed by atoms with Gasteiger partial charge in [-0.15, -0.1) is 0 Å². The van der Waals surface area contributed by atoms with Crippen LogP contribution in [-0.4, -0.2) is 10.1 Å². The van der Waals surface area contributed by atoms with Gasteiger partial charge in [0.25, 0.3) is 5.89 Å². The molecule has 0 aliphatic rings. The fraction of sp³-hybridized carbons (Fsp3) is 0.385. The van der Waals surface area contributed by atoms with Crippen LogP contribution >= 0.6 is 0 Å². The molecule has 2 aromatic rings. The van der Waals surface area contributed by atoms with Gasteiger partial charge in [-0.1, -0.05) is 12.1 Å². The highest BCUT2D eigenvalue weighted by molar-refractivity contribution is 5.53. The molecule has 2 rings (SSSR count). The number of benzene rings is 1. The maximum Gasteiger partial charge on any atom is 0.416 e. The van der Waals surface area contributed by atoms with Crippen molar-refractivity contribution in [1.29, 1.82) is 0 Å². The van der Waals surface area contributed by atoms with Gasteiger partial charge in [0.2, 0.25) is 0 Å². The maximum absolute atomic E-state index is 12.5. The highest BCUT2D eigenvalue weighted by Crippen LogP contribution is 2.31. The summed E-state index contributed by atoms with van der Waals surface area (Å²) in [5.41, 5.74) is 4.94. The van der Waals surface area contributed by atoms with Crippen molar-refractivity contribution in [1.82, 2.24) is 10.1 Å². The number of nitrogens with two attached hydrogens (primary N) is 1. The van der Waals surface area contributed by atoms with E-state index in [1.807, 2.05) is 6.92 Å². The Morgan fingerprint density at radius 3 is 2.30 bits per heavy atom. The van der Waals surface area contributed by atoms with Crippen molar-refractivity contribution in [2.45, 2.75) is 32.0 Å². The van der Waals surface area contributed by atoms with Crippen LogP contribution in [0.15, 0.2) is 28.8 Å². The number of rotatable bonds is 3. The first-order valence-corrected chi connectivity index (χ1v) is 6.05. The van der Waals surface area contributed by atoms with Crippen molar-refractivity contribution in [3.8, 4) is 11.5 Å². The summed E-state index contributed by atoms with van der Waals surface area (Å²) in [6.45, 7) is 3.64. The zero-order chi connectivity index (χ0) is 15.0. The molecule has 0 radical (unpaired) electrons. The first-order valence-electron chi connectivity index (χ1n) is 6.05. The normalized spacial score (nSPS) is 15.1. The lowest BCUT2D eigenvalue weighted by atomic mass is 10.00. The van der Waals surface area contributed by atoms with Crippen molar-refractivity contribution in [3.63, 3.8) is 0 Å². The van der Waals surface area contributed by atoms with Crippen molar-refractivity contribution >= 4 is 0 Å². The van der Waals surface area contributed by atoms with Gasteiger partial charge in [0.1, 0.15) is 0 Å². The zero-order valence-corrected chi connectivity index (χ0v) is 11.0. The lowest BCUT2D eigenvalue weighted by molar-refractivity contribution is -0.137. The molecule has 0 saturated heterocycles. The second-order valence-corrected chi connectivity index (χ2v) is 4.77. The second-order valence-electron chi connectivity index (χ2n) is 4.77. The summed E-state index contributed by atoms with van der Waals surface area (Å²) in [6, 6.07) is 4.53. The number of nitrogens with zero attached hydrogens (tertiary/aromatic N) is 2. The van der Waals surface area contributed by atoms with Gasteiger partial charge in [0.15, 0.2) is 5.82 Å². The van der Waals surface area contributed by atoms with E-state index < -0.39 is 17.3 Å². The number of hydrogen-bond donors (Lipinski definition) is 1. The fourth-order valence-corrected chi connectivity index (χ4v) is 1.53. The molecule has 2 N–H and O–H groups in total. The van der Waals surface area contributed by atoms with Crippen LogP contribution in [0.4, 0.5) is 13.2 Å². The Kier molecular flexibility index (Phi) is 3.56. The highest BCUT2D eigenvalue weighted by Gasteiger charge is 2.30. The number of aromatic nitrogens is 2. The molecule has 0 aliphatic carbocycles. The molecule has 0 saturated carbocycles. The molecule has 0 spiro atoms. The van der Waals surface area contributed by atoms with Crippen LogP contribution in [-0.2, 0) is 11.7 Å². The van der Waals surface area contributed by atoms with E-state index in [1.54, 1.807) is 6.92 Å². The predicted molar refractivity (Wildman–Crippen MR) is 66.6 cm³/mol. The zero-order valence-electron chi connectivity index (χ0n) is 11.0. The minimum absolute atomic E-state index is 0.152. The predicted octanol–water partition coefficient (Wildman–Crippen LogP) is 3.34. The molecule has 108 valence electrons. The van der Waals surface area contributed by atoms with E-state index in [0.717, 1.165) is 12.1 Å². The summed E-state index contributed by atoms with van der Waals surface area (Å²) in [7, 11) is 0. The topological polar surface area (TPSA) is 64.9 Å². The molecule has 1 aromatic carbocycles. The van der Waals surface area contributed by atoms with E-state index in [-0.39, 0.29) is 5.89 Å². The number of hydrogen-bond acceptors (Lipinski definition) is 4. The van der Waals surface area contributed by atoms with E-state index in [4.69, 9.17) is 10.3 Å². The van der Waals surface area contributed by atoms with Gasteiger partial charge >= 0.3 is 6.18 Å². The maximum atomic E-state index is 12.5. The molecule has 0 bridgehead atoms. The molecule has 0 aliphatic heterocycles. The molecule has 0 amide bonds. The van der Waals surface area contributed by atoms with Crippen LogP contribution < -0.4 is 5.73 Å². The fourth-order valence-electron chi connectivity index (χ4n) is 1.53. The Morgan fingerprint density at radius 1 is 1.20 bits per heavy atom. The summed E-state index contributed by atoms with van der Waals surface area (Å²) in [6.07, 6.45) is -3.75. The molecular weight excluding hydrogens is 271 g/mol. The van der Waals surface area contributed by atoms with Crippen molar-refractivity contribution in [2.75, 3.05) is 0 Å². The molecule has 20 heavy (non-hydrogen) atoms. The number of halogens is 3. The van der Waals surface area contributed by atoms with Gasteiger partial charge in [0.05, 0.1) is 11.1 Å². The van der Waals surface area contributed by atoms with Gasteiger partial charge in [0, 0.05) is 5.56 Å². The average Bonchev–Trinajstić information content (AvgIpc) is 2.88. The van der Waals surface area contributed by atoms with Gasteiger partial charge in [-0.25, -0.2) is 0 Å². The largest absolute Gasteiger partial charge is 0.416 e. The van der Waals surface area contributed by atoms with Gasteiger partial charge in [-0.05, 0) is 37.6 Å². The molecule has 1 heterocycles. The second kappa shape index (κ2) is 4.90. The van der Waals surface area contributed by atoms with Crippen LogP contribution in [0.5, 0.6) is 0 Å². The van der Waals surface area contributed by atoms with Gasteiger partial charge in [-0.2, -0.15) is 18.2 Å². The Labute approximate surface area is 113 Å². The first-order chi connectivity index (χ1) is 9.24. The summed E-state index contributed by atoms with van der Waals surface area (Å²) in [4.78, 5) is 4.13. The Bertz CT molecular complexity index is 588. The highest BCUT2D eigenvalue weighted by atomic mass is 19.4. The Hall–Kier alpha value is -1.89. The first kappa shape index (κ1) is 14.5. The lowest BCUT2D eigenvalue weighted by Gasteiger charge is -2.16. The molecule has 1 atom stereocenters. The smallest absolute Gasteiger partial charge is 0.334 e. The van der Waals surface area contributed by atoms with Crippen molar-refractivity contribution in [3.05, 3.63) is 35.7 Å². The summed E-state index contributed by atoms with van der Waals surface area (Å²) >= 11 is 0. The Morgan fingerprint density at radius 2 is 1.80 bits per heavy atom. The molecule has 1 aromatic heterocycles. The standard InChI is InChI=1S/C13H14F3N3O/c1-3-12(2,17)11-18-10(20-19-11)8-4-6-9(7-5-8)13(14,15)16/h4-7H,3,17H2,1-2H3. The van der Waals surface area contributed by atoms with Crippen LogP contribution in [0.3, 0.4) is 0 Å². The lowest BCUT2D eigenvalue weighted by Crippen LogP contribution is -2.33. The third kappa shape index (κ3) is 2.82. The van der Waals surface area contributed by atoms with E-state index >= 15 is 0 Å². The van der Waals surface area contributed by atoms with E-state index in [9.17, 15) is 13.2 Å². The van der Waals surface area contributed by atoms with Crippen LogP contribution in [0.1, 0.15) is 31.7 Å². The van der Waals surface area contributed by atoms with Crippen molar-refractivity contribution < 1.29 is 17.7 Å². The van der Waals surface area contributed by atoms with Crippen molar-refractivity contribution in [2.24, 2.45) is 5.73 Å². The number of alkyl halides is 3. The summed E-state index contributed by atoms with van der Waals surface area (Å²) in [5.74, 6) is 0.480. The van der Waals surface area contributed by atoms with Crippen LogP contribution in [0.2, 0.25) is 0 Å². The SMILES string of the molecule is CCC(C)(N)c1noc(-c2ccc(C(F)(F)F)cc2)n1. The molecule has 4 nitrogen and oxygen atoms in total. The average molecular weight is 285 g/mol. The minimum atomic E-state index is -4.36. The van der Waals surface area contributed by atoms with Crippen LogP contribution in [0.25, 0.3) is 11.5 Å². The Balaban J connectivity index is 2.29. The third-order valence-electron chi connectivity index (χ3n) is 3.13. The van der Waals surface area contributed by atoms with E-state index in [2.05, 4.69) is 10.1 Å². The summed E-state index contributed by atoms with van der Waals surface area (Å²) < 4.78 is 42.4. The summed E-state index contributed by atoms with van der Waals surface area (Å²) in [5, 5.41) is 3.77. The monoisotopic (exact) mass is 285 g/mol.